The number of nitro benzene ring substituents is 1. The van der Waals surface area contributed by atoms with Crippen LogP contribution in [-0.2, 0) is 11.2 Å². The molecule has 130 valence electrons. The molecule has 0 spiro atoms. The maximum absolute atomic E-state index is 13.5. The second kappa shape index (κ2) is 6.51. The molecule has 7 nitrogen and oxygen atoms in total. The summed E-state index contributed by atoms with van der Waals surface area (Å²) in [5.74, 6) is -0.714. The van der Waals surface area contributed by atoms with Gasteiger partial charge in [-0.2, -0.15) is 0 Å². The maximum atomic E-state index is 13.5. The molecule has 3 atom stereocenters. The van der Waals surface area contributed by atoms with Crippen molar-refractivity contribution >= 4 is 22.5 Å². The molecule has 1 aliphatic rings. The molecule has 0 aliphatic carbocycles. The zero-order valence-corrected chi connectivity index (χ0v) is 13.6. The number of rotatable bonds is 4. The average Bonchev–Trinajstić information content (AvgIpc) is 3.16. The van der Waals surface area contributed by atoms with Crippen molar-refractivity contribution in [1.82, 2.24) is 9.88 Å². The Morgan fingerprint density at radius 2 is 2.36 bits per heavy atom. The number of nitro groups is 1. The molecular weight excluding hydrogens is 327 g/mol. The quantitative estimate of drug-likeness (QED) is 0.525. The lowest BCUT2D eigenvalue weighted by atomic mass is 9.99. The number of non-ortho nitro benzene ring substituents is 1. The number of nitrogens with one attached hydrogen (secondary N) is 1. The molecule has 2 aromatic rings. The minimum Gasteiger partial charge on any atom is -0.361 e. The van der Waals surface area contributed by atoms with E-state index in [2.05, 4.69) is 9.83 Å². The van der Waals surface area contributed by atoms with Crippen LogP contribution in [0.25, 0.3) is 15.7 Å². The van der Waals surface area contributed by atoms with E-state index in [9.17, 15) is 19.3 Å². The van der Waals surface area contributed by atoms with E-state index < -0.39 is 23.2 Å². The Kier molecular flexibility index (Phi) is 4.40. The molecule has 1 N–H and O–H groups in total. The molecular formula is C17H17FN4O3. The smallest absolute Gasteiger partial charge is 0.303 e. The molecule has 0 radical (unpaired) electrons. The number of carbonyl (C=O) groups is 1. The summed E-state index contributed by atoms with van der Waals surface area (Å²) in [5, 5.41) is 11.6. The number of benzene rings is 1. The van der Waals surface area contributed by atoms with E-state index in [1.165, 1.54) is 17.0 Å². The fourth-order valence-corrected chi connectivity index (χ4v) is 3.27. The Morgan fingerprint density at radius 3 is 3.04 bits per heavy atom. The largest absolute Gasteiger partial charge is 0.361 e. The minimum atomic E-state index is -1.16. The van der Waals surface area contributed by atoms with Crippen molar-refractivity contribution in [3.63, 3.8) is 0 Å². The lowest BCUT2D eigenvalue weighted by molar-refractivity contribution is -0.384. The van der Waals surface area contributed by atoms with Gasteiger partial charge in [-0.1, -0.05) is 6.92 Å². The fourth-order valence-electron chi connectivity index (χ4n) is 3.27. The summed E-state index contributed by atoms with van der Waals surface area (Å²) in [7, 11) is 0. The van der Waals surface area contributed by atoms with Crippen LogP contribution < -0.4 is 0 Å². The number of alkyl halides is 1. The summed E-state index contributed by atoms with van der Waals surface area (Å²) < 4.78 is 13.5. The molecule has 1 aromatic heterocycles. The van der Waals surface area contributed by atoms with Crippen LogP contribution in [0, 0.1) is 22.6 Å². The number of fused-ring (bicyclic) bond motifs is 1. The first-order chi connectivity index (χ1) is 11.9. The van der Waals surface area contributed by atoms with Gasteiger partial charge in [0.15, 0.2) is 0 Å². The summed E-state index contributed by atoms with van der Waals surface area (Å²) in [6.07, 6.45) is 0.242. The SMILES string of the molecule is [C-]#[N+][C@@H]1C[C@H](F)CN1C(=O)[C@@H](C)Cc1c[nH]c2ccc([N+](=O)[O-])cc12. The van der Waals surface area contributed by atoms with E-state index in [1.54, 1.807) is 19.2 Å². The standard InChI is InChI=1S/C17H17FN4O3/c1-10(17(23)21-9-12(18)6-16(21)19-2)5-11-8-20-15-4-3-13(22(24)25)7-14(11)15/h3-4,7-8,10,12,16,20H,5-6,9H2,1H3/t10-,12-,16-/m0/s1. The number of aromatic amines is 1. The lowest BCUT2D eigenvalue weighted by Crippen LogP contribution is -2.38. The van der Waals surface area contributed by atoms with E-state index in [0.717, 1.165) is 11.1 Å². The number of carbonyl (C=O) groups excluding carboxylic acids is 1. The zero-order valence-electron chi connectivity index (χ0n) is 13.6. The van der Waals surface area contributed by atoms with Gasteiger partial charge in [0, 0.05) is 35.2 Å². The fraction of sp³-hybridized carbons (Fsp3) is 0.412. The number of hydrogen-bond donors (Lipinski definition) is 1. The Labute approximate surface area is 143 Å². The van der Waals surface area contributed by atoms with Crippen molar-refractivity contribution in [3.05, 3.63) is 51.5 Å². The number of aromatic nitrogens is 1. The summed E-state index contributed by atoms with van der Waals surface area (Å²) in [6, 6.07) is 4.53. The van der Waals surface area contributed by atoms with Crippen molar-refractivity contribution in [3.8, 4) is 0 Å². The molecule has 0 bridgehead atoms. The van der Waals surface area contributed by atoms with Gasteiger partial charge in [-0.3, -0.25) is 24.7 Å². The van der Waals surface area contributed by atoms with Crippen molar-refractivity contribution in [1.29, 1.82) is 0 Å². The Morgan fingerprint density at radius 1 is 1.60 bits per heavy atom. The van der Waals surface area contributed by atoms with Crippen LogP contribution in [0.2, 0.25) is 0 Å². The Balaban J connectivity index is 1.81. The first kappa shape index (κ1) is 16.9. The molecule has 1 aliphatic heterocycles. The maximum Gasteiger partial charge on any atom is 0.303 e. The number of nitrogens with zero attached hydrogens (tertiary/aromatic N) is 3. The van der Waals surface area contributed by atoms with Gasteiger partial charge in [0.1, 0.15) is 6.17 Å². The second-order valence-corrected chi connectivity index (χ2v) is 6.34. The molecule has 1 aromatic carbocycles. The normalized spacial score (nSPS) is 21.2. The van der Waals surface area contributed by atoms with Crippen LogP contribution in [0.4, 0.5) is 10.1 Å². The highest BCUT2D eigenvalue weighted by Gasteiger charge is 2.41. The molecule has 8 heteroatoms. The Hall–Kier alpha value is -2.95. The number of amides is 1. The van der Waals surface area contributed by atoms with E-state index in [1.807, 2.05) is 0 Å². The highest BCUT2D eigenvalue weighted by atomic mass is 19.1. The van der Waals surface area contributed by atoms with E-state index >= 15 is 0 Å². The van der Waals surface area contributed by atoms with Gasteiger partial charge >= 0.3 is 6.17 Å². The first-order valence-corrected chi connectivity index (χ1v) is 7.96. The van der Waals surface area contributed by atoms with E-state index in [-0.39, 0.29) is 24.6 Å². The van der Waals surface area contributed by atoms with Crippen LogP contribution in [0.5, 0.6) is 0 Å². The van der Waals surface area contributed by atoms with Crippen molar-refractivity contribution in [2.24, 2.45) is 5.92 Å². The average molecular weight is 344 g/mol. The summed E-state index contributed by atoms with van der Waals surface area (Å²) in [5.41, 5.74) is 1.53. The van der Waals surface area contributed by atoms with Crippen molar-refractivity contribution in [2.45, 2.75) is 32.1 Å². The highest BCUT2D eigenvalue weighted by molar-refractivity contribution is 5.86. The van der Waals surface area contributed by atoms with Gasteiger partial charge in [0.2, 0.25) is 5.91 Å². The first-order valence-electron chi connectivity index (χ1n) is 7.96. The molecule has 25 heavy (non-hydrogen) atoms. The second-order valence-electron chi connectivity index (χ2n) is 6.34. The summed E-state index contributed by atoms with van der Waals surface area (Å²) in [6.45, 7) is 8.80. The van der Waals surface area contributed by atoms with E-state index in [4.69, 9.17) is 6.57 Å². The van der Waals surface area contributed by atoms with Crippen LogP contribution in [-0.4, -0.2) is 39.6 Å². The molecule has 3 rings (SSSR count). The van der Waals surface area contributed by atoms with Gasteiger partial charge in [0.25, 0.3) is 5.69 Å². The third-order valence-electron chi connectivity index (χ3n) is 4.56. The lowest BCUT2D eigenvalue weighted by Gasteiger charge is -2.20. The molecule has 0 unspecified atom stereocenters. The van der Waals surface area contributed by atoms with Gasteiger partial charge < -0.3 is 4.98 Å². The minimum absolute atomic E-state index is 0.0137. The molecule has 2 heterocycles. The number of likely N-dealkylation sites (tertiary alicyclic amines) is 1. The number of H-pyrrole nitrogens is 1. The topological polar surface area (TPSA) is 83.6 Å². The monoisotopic (exact) mass is 344 g/mol. The van der Waals surface area contributed by atoms with Crippen LogP contribution >= 0.6 is 0 Å². The molecule has 0 saturated carbocycles. The van der Waals surface area contributed by atoms with Crippen LogP contribution in [0.1, 0.15) is 18.9 Å². The van der Waals surface area contributed by atoms with Gasteiger partial charge in [-0.25, -0.2) is 11.0 Å². The van der Waals surface area contributed by atoms with Gasteiger partial charge in [-0.05, 0) is 18.1 Å². The van der Waals surface area contributed by atoms with Crippen molar-refractivity contribution in [2.75, 3.05) is 6.54 Å². The molecule has 1 amide bonds. The number of halogens is 1. The van der Waals surface area contributed by atoms with Gasteiger partial charge in [-0.15, -0.1) is 0 Å². The van der Waals surface area contributed by atoms with Crippen LogP contribution in [0.3, 0.4) is 0 Å². The highest BCUT2D eigenvalue weighted by Crippen LogP contribution is 2.28. The molecule has 1 saturated heterocycles. The number of hydrogen-bond acceptors (Lipinski definition) is 3. The third kappa shape index (κ3) is 3.18. The summed E-state index contributed by atoms with van der Waals surface area (Å²) >= 11 is 0. The van der Waals surface area contributed by atoms with Crippen LogP contribution in [0.15, 0.2) is 24.4 Å². The van der Waals surface area contributed by atoms with E-state index in [0.29, 0.717) is 11.8 Å². The summed E-state index contributed by atoms with van der Waals surface area (Å²) in [4.78, 5) is 30.8. The zero-order chi connectivity index (χ0) is 18.1. The van der Waals surface area contributed by atoms with Crippen molar-refractivity contribution < 1.29 is 14.1 Å². The molecule has 1 fully saturated rings. The van der Waals surface area contributed by atoms with Gasteiger partial charge in [0.05, 0.1) is 17.9 Å². The third-order valence-corrected chi connectivity index (χ3v) is 4.56. The Bertz CT molecular complexity index is 872. The predicted octanol–water partition coefficient (Wildman–Crippen LogP) is 3.07. The predicted molar refractivity (Wildman–Crippen MR) is 89.4 cm³/mol.